The second-order valence-electron chi connectivity index (χ2n) is 8.37. The highest BCUT2D eigenvalue weighted by Crippen LogP contribution is 2.27. The molecule has 0 bridgehead atoms. The summed E-state index contributed by atoms with van der Waals surface area (Å²) in [6.45, 7) is 0. The summed E-state index contributed by atoms with van der Waals surface area (Å²) < 4.78 is 0. The van der Waals surface area contributed by atoms with Crippen LogP contribution in [0.4, 0.5) is 0 Å². The lowest BCUT2D eigenvalue weighted by atomic mass is 9.99. The Morgan fingerprint density at radius 1 is 0.324 bits per heavy atom. The first-order valence-electron chi connectivity index (χ1n) is 12.1. The Kier molecular flexibility index (Phi) is 8.17. The van der Waals surface area contributed by atoms with Gasteiger partial charge >= 0.3 is 0 Å². The van der Waals surface area contributed by atoms with Gasteiger partial charge in [-0.25, -0.2) is 0 Å². The molecule has 0 aliphatic carbocycles. The molecule has 2 aromatic heterocycles. The minimum absolute atomic E-state index is 1.14. The van der Waals surface area contributed by atoms with Gasteiger partial charge in [-0.2, -0.15) is 0 Å². The molecule has 37 heavy (non-hydrogen) atoms. The van der Waals surface area contributed by atoms with E-state index in [4.69, 9.17) is 0 Å². The maximum Gasteiger partial charge on any atom is 0.0346 e. The van der Waals surface area contributed by atoms with Gasteiger partial charge in [-0.15, -0.1) is 0 Å². The summed E-state index contributed by atoms with van der Waals surface area (Å²) in [6.07, 6.45) is 7.36. The van der Waals surface area contributed by atoms with E-state index in [9.17, 15) is 0 Å². The van der Waals surface area contributed by atoms with Gasteiger partial charge in [0.25, 0.3) is 0 Å². The highest BCUT2D eigenvalue weighted by molar-refractivity contribution is 7.99. The van der Waals surface area contributed by atoms with Crippen LogP contribution in [0.25, 0.3) is 33.4 Å². The zero-order valence-corrected chi connectivity index (χ0v) is 21.1. The first kappa shape index (κ1) is 24.2. The summed E-state index contributed by atoms with van der Waals surface area (Å²) >= 11 is 1.79. The van der Waals surface area contributed by atoms with Gasteiger partial charge in [0.2, 0.25) is 0 Å². The molecule has 0 radical (unpaired) electrons. The molecule has 6 rings (SSSR count). The van der Waals surface area contributed by atoms with E-state index in [1.807, 2.05) is 36.7 Å². The first-order chi connectivity index (χ1) is 18.3. The Bertz CT molecular complexity index is 1370. The molecule has 2 nitrogen and oxygen atoms in total. The molecular weight excluding hydrogens is 468 g/mol. The highest BCUT2D eigenvalue weighted by Gasteiger charge is 2.02. The molecule has 0 aliphatic rings. The Labute approximate surface area is 222 Å². The quantitative estimate of drug-likeness (QED) is 0.239. The van der Waals surface area contributed by atoms with Crippen molar-refractivity contribution in [3.8, 4) is 33.4 Å². The lowest BCUT2D eigenvalue weighted by Gasteiger charge is -2.06. The third-order valence-corrected chi connectivity index (χ3v) is 6.83. The predicted octanol–water partition coefficient (Wildman–Crippen LogP) is 9.32. The second-order valence-corrected chi connectivity index (χ2v) is 9.51. The fourth-order valence-corrected chi connectivity index (χ4v) is 4.75. The maximum atomic E-state index is 4.18. The van der Waals surface area contributed by atoms with Crippen LogP contribution in [0.3, 0.4) is 0 Å². The van der Waals surface area contributed by atoms with Crippen LogP contribution in [0.5, 0.6) is 0 Å². The fourth-order valence-electron chi connectivity index (χ4n) is 3.89. The number of hydrogen-bond donors (Lipinski definition) is 0. The number of nitrogens with zero attached hydrogens (tertiary/aromatic N) is 2. The molecular formula is C34H26N2S. The van der Waals surface area contributed by atoms with Crippen molar-refractivity contribution in [3.05, 3.63) is 158 Å². The molecule has 0 spiro atoms. The van der Waals surface area contributed by atoms with Crippen LogP contribution in [0, 0.1) is 0 Å². The molecule has 0 aliphatic heterocycles. The van der Waals surface area contributed by atoms with Gasteiger partial charge in [-0.3, -0.25) is 9.97 Å². The summed E-state index contributed by atoms with van der Waals surface area (Å²) in [4.78, 5) is 10.9. The average molecular weight is 495 g/mol. The highest BCUT2D eigenvalue weighted by atomic mass is 32.2. The number of rotatable bonds is 5. The molecule has 0 saturated carbocycles. The van der Waals surface area contributed by atoms with E-state index >= 15 is 0 Å². The van der Waals surface area contributed by atoms with Gasteiger partial charge in [-0.1, -0.05) is 109 Å². The van der Waals surface area contributed by atoms with Crippen LogP contribution >= 0.6 is 11.8 Å². The van der Waals surface area contributed by atoms with Crippen molar-refractivity contribution in [3.63, 3.8) is 0 Å². The van der Waals surface area contributed by atoms with Crippen molar-refractivity contribution in [2.75, 3.05) is 0 Å². The van der Waals surface area contributed by atoms with E-state index in [0.717, 1.165) is 11.1 Å². The number of aromatic nitrogens is 2. The second kappa shape index (κ2) is 12.5. The fraction of sp³-hybridized carbons (Fsp3) is 0. The van der Waals surface area contributed by atoms with Crippen LogP contribution in [0.15, 0.2) is 168 Å². The Balaban J connectivity index is 0.000000182. The predicted molar refractivity (Wildman–Crippen MR) is 155 cm³/mol. The Morgan fingerprint density at radius 2 is 0.676 bits per heavy atom. The zero-order chi connectivity index (χ0) is 25.1. The molecule has 178 valence electrons. The van der Waals surface area contributed by atoms with E-state index in [2.05, 4.69) is 119 Å². The first-order valence-corrected chi connectivity index (χ1v) is 13.0. The lowest BCUT2D eigenvalue weighted by Crippen LogP contribution is -1.83. The molecule has 0 saturated heterocycles. The zero-order valence-electron chi connectivity index (χ0n) is 20.3. The smallest absolute Gasteiger partial charge is 0.0346 e. The molecule has 0 N–H and O–H groups in total. The molecule has 4 aromatic carbocycles. The summed E-state index contributed by atoms with van der Waals surface area (Å²) in [5.74, 6) is 0. The van der Waals surface area contributed by atoms with Crippen LogP contribution in [0.2, 0.25) is 0 Å². The van der Waals surface area contributed by atoms with E-state index in [1.165, 1.54) is 32.0 Å². The molecule has 6 aromatic rings. The van der Waals surface area contributed by atoms with Gasteiger partial charge in [0.1, 0.15) is 0 Å². The van der Waals surface area contributed by atoms with Crippen LogP contribution in [0.1, 0.15) is 0 Å². The van der Waals surface area contributed by atoms with Gasteiger partial charge in [0, 0.05) is 34.6 Å². The van der Waals surface area contributed by atoms with E-state index in [-0.39, 0.29) is 0 Å². The summed E-state index contributed by atoms with van der Waals surface area (Å²) in [6, 6.07) is 46.1. The maximum absolute atomic E-state index is 4.18. The van der Waals surface area contributed by atoms with Gasteiger partial charge in [0.15, 0.2) is 0 Å². The number of hydrogen-bond acceptors (Lipinski definition) is 3. The topological polar surface area (TPSA) is 25.8 Å². The largest absolute Gasteiger partial charge is 0.264 e. The van der Waals surface area contributed by atoms with Crippen molar-refractivity contribution in [2.45, 2.75) is 9.79 Å². The minimum atomic E-state index is 1.14. The van der Waals surface area contributed by atoms with E-state index in [1.54, 1.807) is 24.2 Å². The van der Waals surface area contributed by atoms with Crippen molar-refractivity contribution in [2.24, 2.45) is 0 Å². The monoisotopic (exact) mass is 494 g/mol. The van der Waals surface area contributed by atoms with Crippen molar-refractivity contribution in [1.29, 1.82) is 0 Å². The average Bonchev–Trinajstić information content (AvgIpc) is 3.00. The van der Waals surface area contributed by atoms with E-state index < -0.39 is 0 Å². The number of pyridine rings is 2. The Morgan fingerprint density at radius 3 is 1.00 bits per heavy atom. The SMILES string of the molecule is c1ccc(Sc2ccccc2)cc1.c1cncc(-c2ccc(-c3ccc(-c4cccnc4)cc3)cc2)c1. The van der Waals surface area contributed by atoms with Crippen LogP contribution < -0.4 is 0 Å². The standard InChI is InChI=1S/C22H16N2.C12H10S/c1-3-21(15-23-13-1)19-9-5-17(6-10-19)18-7-11-20(12-8-18)22-4-2-14-24-16-22;1-3-7-11(8-4-1)13-12-9-5-2-6-10-12/h1-16H;1-10H. The molecule has 0 amide bonds. The number of benzene rings is 4. The molecule has 2 heterocycles. The minimum Gasteiger partial charge on any atom is -0.264 e. The van der Waals surface area contributed by atoms with Crippen molar-refractivity contribution >= 4 is 11.8 Å². The molecule has 0 unspecified atom stereocenters. The van der Waals surface area contributed by atoms with E-state index in [0.29, 0.717) is 0 Å². The third kappa shape index (κ3) is 6.81. The van der Waals surface area contributed by atoms with Crippen LogP contribution in [-0.2, 0) is 0 Å². The van der Waals surface area contributed by atoms with Crippen molar-refractivity contribution < 1.29 is 0 Å². The summed E-state index contributed by atoms with van der Waals surface area (Å²) in [7, 11) is 0. The van der Waals surface area contributed by atoms with Crippen LogP contribution in [-0.4, -0.2) is 9.97 Å². The van der Waals surface area contributed by atoms with Crippen molar-refractivity contribution in [1.82, 2.24) is 9.97 Å². The molecule has 0 atom stereocenters. The van der Waals surface area contributed by atoms with Gasteiger partial charge in [0.05, 0.1) is 0 Å². The van der Waals surface area contributed by atoms with Gasteiger partial charge < -0.3 is 0 Å². The molecule has 0 fully saturated rings. The normalized spacial score (nSPS) is 10.3. The summed E-state index contributed by atoms with van der Waals surface area (Å²) in [5, 5.41) is 0. The van der Waals surface area contributed by atoms with Gasteiger partial charge in [-0.05, 0) is 69.8 Å². The Hall–Kier alpha value is -4.47. The third-order valence-electron chi connectivity index (χ3n) is 5.81. The summed E-state index contributed by atoms with van der Waals surface area (Å²) in [5.41, 5.74) is 7.05. The lowest BCUT2D eigenvalue weighted by molar-refractivity contribution is 1.33. The molecule has 3 heteroatoms.